The monoisotopic (exact) mass is 407 g/mol. The van der Waals surface area contributed by atoms with Gasteiger partial charge in [-0.2, -0.15) is 5.26 Å². The number of carbonyl (C=O) groups excluding carboxylic acids is 4. The van der Waals surface area contributed by atoms with E-state index < -0.39 is 17.9 Å². The predicted molar refractivity (Wildman–Crippen MR) is 99.5 cm³/mol. The van der Waals surface area contributed by atoms with Gasteiger partial charge >= 0.3 is 0 Å². The van der Waals surface area contributed by atoms with Crippen LogP contribution in [0.3, 0.4) is 0 Å². The molecule has 3 heterocycles. The van der Waals surface area contributed by atoms with E-state index in [1.165, 1.54) is 9.58 Å². The van der Waals surface area contributed by atoms with Gasteiger partial charge < -0.3 is 10.2 Å². The molecular weight excluding hydrogens is 390 g/mol. The van der Waals surface area contributed by atoms with Crippen LogP contribution in [0.2, 0.25) is 0 Å². The minimum absolute atomic E-state index is 0.146. The van der Waals surface area contributed by atoms with Crippen LogP contribution in [-0.4, -0.2) is 49.6 Å². The number of hydrogen-bond acceptors (Lipinski definition) is 7. The fraction of sp³-hybridized carbons (Fsp3) is 0.316. The van der Waals surface area contributed by atoms with Crippen molar-refractivity contribution in [3.63, 3.8) is 0 Å². The molecule has 1 saturated heterocycles. The Morgan fingerprint density at radius 1 is 1.33 bits per heavy atom. The minimum Gasteiger partial charge on any atom is -0.349 e. The van der Waals surface area contributed by atoms with Gasteiger partial charge in [0, 0.05) is 18.5 Å². The van der Waals surface area contributed by atoms with Gasteiger partial charge in [0.2, 0.25) is 17.7 Å². The topological polar surface area (TPSA) is 150 Å². The molecule has 11 nitrogen and oxygen atoms in total. The number of nitriles is 1. The quantitative estimate of drug-likeness (QED) is 0.638. The SMILES string of the molecule is N#CCC(=O)NCc1cn(-c2ccc3c(c2)CN(C2CCC(=O)NC2=O)C3=O)nn1. The van der Waals surface area contributed by atoms with Crippen molar-refractivity contribution in [1.82, 2.24) is 30.5 Å². The Labute approximate surface area is 170 Å². The normalized spacial score (nSPS) is 18.0. The summed E-state index contributed by atoms with van der Waals surface area (Å²) in [7, 11) is 0. The second kappa shape index (κ2) is 7.75. The Hall–Kier alpha value is -4.07. The first-order valence-corrected chi connectivity index (χ1v) is 9.29. The van der Waals surface area contributed by atoms with Crippen LogP contribution in [-0.2, 0) is 27.5 Å². The van der Waals surface area contributed by atoms with Crippen molar-refractivity contribution in [2.75, 3.05) is 0 Å². The summed E-state index contributed by atoms with van der Waals surface area (Å²) >= 11 is 0. The summed E-state index contributed by atoms with van der Waals surface area (Å²) in [5.74, 6) is -1.41. The summed E-state index contributed by atoms with van der Waals surface area (Å²) < 4.78 is 1.52. The van der Waals surface area contributed by atoms with Gasteiger partial charge in [-0.25, -0.2) is 4.68 Å². The molecule has 1 fully saturated rings. The van der Waals surface area contributed by atoms with E-state index in [4.69, 9.17) is 5.26 Å². The molecule has 0 saturated carbocycles. The largest absolute Gasteiger partial charge is 0.349 e. The van der Waals surface area contributed by atoms with E-state index >= 15 is 0 Å². The molecule has 2 aliphatic rings. The molecule has 0 bridgehead atoms. The first-order valence-electron chi connectivity index (χ1n) is 9.29. The molecule has 11 heteroatoms. The zero-order valence-electron chi connectivity index (χ0n) is 15.8. The van der Waals surface area contributed by atoms with Crippen molar-refractivity contribution < 1.29 is 19.2 Å². The fourth-order valence-electron chi connectivity index (χ4n) is 3.53. The lowest BCUT2D eigenvalue weighted by molar-refractivity contribution is -0.137. The maximum atomic E-state index is 12.7. The molecule has 2 aromatic rings. The smallest absolute Gasteiger partial charge is 0.255 e. The van der Waals surface area contributed by atoms with Gasteiger partial charge in [-0.15, -0.1) is 5.10 Å². The zero-order valence-corrected chi connectivity index (χ0v) is 15.8. The Balaban J connectivity index is 1.48. The number of amides is 4. The molecule has 0 aliphatic carbocycles. The molecule has 30 heavy (non-hydrogen) atoms. The van der Waals surface area contributed by atoms with Crippen molar-refractivity contribution >= 4 is 23.6 Å². The molecule has 4 rings (SSSR count). The van der Waals surface area contributed by atoms with Crippen LogP contribution in [0.1, 0.15) is 40.9 Å². The lowest BCUT2D eigenvalue weighted by Crippen LogP contribution is -2.52. The van der Waals surface area contributed by atoms with Crippen molar-refractivity contribution in [3.8, 4) is 11.8 Å². The maximum absolute atomic E-state index is 12.7. The van der Waals surface area contributed by atoms with E-state index in [0.29, 0.717) is 23.4 Å². The summed E-state index contributed by atoms with van der Waals surface area (Å²) in [6, 6.07) is 6.29. The van der Waals surface area contributed by atoms with Gasteiger partial charge in [-0.3, -0.25) is 24.5 Å². The Bertz CT molecular complexity index is 1100. The lowest BCUT2D eigenvalue weighted by atomic mass is 10.0. The molecule has 0 radical (unpaired) electrons. The molecular formula is C19H17N7O4. The number of aromatic nitrogens is 3. The van der Waals surface area contributed by atoms with Crippen LogP contribution in [0.15, 0.2) is 24.4 Å². The summed E-state index contributed by atoms with van der Waals surface area (Å²) in [5.41, 5.74) is 2.45. The van der Waals surface area contributed by atoms with Crippen LogP contribution in [0.5, 0.6) is 0 Å². The maximum Gasteiger partial charge on any atom is 0.255 e. The minimum atomic E-state index is -0.666. The second-order valence-electron chi connectivity index (χ2n) is 7.01. The standard InChI is InChI=1S/C19H17N7O4/c20-6-5-16(27)21-8-12-10-26(24-23-12)13-1-2-14-11(7-13)9-25(19(14)30)15-3-4-17(28)22-18(15)29/h1-2,7,10,15H,3-5,8-9H2,(H,21,27)(H,22,28,29). The predicted octanol–water partition coefficient (Wildman–Crippen LogP) is -0.442. The van der Waals surface area contributed by atoms with Crippen molar-refractivity contribution in [3.05, 3.63) is 41.2 Å². The van der Waals surface area contributed by atoms with Gasteiger partial charge in [0.1, 0.15) is 18.2 Å². The van der Waals surface area contributed by atoms with Crippen LogP contribution in [0.4, 0.5) is 0 Å². The zero-order chi connectivity index (χ0) is 21.3. The van der Waals surface area contributed by atoms with Crippen molar-refractivity contribution in [2.24, 2.45) is 0 Å². The van der Waals surface area contributed by atoms with Gasteiger partial charge in [-0.1, -0.05) is 5.21 Å². The van der Waals surface area contributed by atoms with Crippen LogP contribution >= 0.6 is 0 Å². The van der Waals surface area contributed by atoms with Crippen LogP contribution in [0, 0.1) is 11.3 Å². The molecule has 0 spiro atoms. The first-order chi connectivity index (χ1) is 14.5. The summed E-state index contributed by atoms with van der Waals surface area (Å²) in [6.07, 6.45) is 1.93. The number of benzene rings is 1. The lowest BCUT2D eigenvalue weighted by Gasteiger charge is -2.29. The molecule has 4 amide bonds. The number of piperidine rings is 1. The van der Waals surface area contributed by atoms with Crippen molar-refractivity contribution in [2.45, 2.75) is 38.4 Å². The van der Waals surface area contributed by atoms with E-state index in [-0.39, 0.29) is 37.7 Å². The van der Waals surface area contributed by atoms with Crippen LogP contribution in [0.25, 0.3) is 5.69 Å². The van der Waals surface area contributed by atoms with Crippen LogP contribution < -0.4 is 10.6 Å². The van der Waals surface area contributed by atoms with Gasteiger partial charge in [0.15, 0.2) is 0 Å². The second-order valence-corrected chi connectivity index (χ2v) is 7.01. The fourth-order valence-corrected chi connectivity index (χ4v) is 3.53. The first kappa shape index (κ1) is 19.3. The van der Waals surface area contributed by atoms with Crippen molar-refractivity contribution in [1.29, 1.82) is 5.26 Å². The number of fused-ring (bicyclic) bond motifs is 1. The Morgan fingerprint density at radius 2 is 2.17 bits per heavy atom. The third-order valence-corrected chi connectivity index (χ3v) is 5.02. The molecule has 1 aromatic carbocycles. The highest BCUT2D eigenvalue weighted by molar-refractivity contribution is 6.05. The van der Waals surface area contributed by atoms with Gasteiger partial charge in [0.05, 0.1) is 24.5 Å². The number of imide groups is 1. The third kappa shape index (κ3) is 3.62. The Morgan fingerprint density at radius 3 is 2.93 bits per heavy atom. The molecule has 2 aliphatic heterocycles. The van der Waals surface area contributed by atoms with E-state index in [0.717, 1.165) is 5.56 Å². The highest BCUT2D eigenvalue weighted by Gasteiger charge is 2.39. The summed E-state index contributed by atoms with van der Waals surface area (Å²) in [4.78, 5) is 49.1. The number of rotatable bonds is 5. The number of carbonyl (C=O) groups is 4. The van der Waals surface area contributed by atoms with E-state index in [2.05, 4.69) is 20.9 Å². The van der Waals surface area contributed by atoms with E-state index in [1.807, 2.05) is 0 Å². The molecule has 1 unspecified atom stereocenters. The number of hydrogen-bond donors (Lipinski definition) is 2. The number of nitrogens with zero attached hydrogens (tertiary/aromatic N) is 5. The van der Waals surface area contributed by atoms with Gasteiger partial charge in [-0.05, 0) is 30.2 Å². The number of nitrogens with one attached hydrogen (secondary N) is 2. The average molecular weight is 407 g/mol. The van der Waals surface area contributed by atoms with E-state index in [9.17, 15) is 19.2 Å². The molecule has 1 atom stereocenters. The summed E-state index contributed by atoms with van der Waals surface area (Å²) in [5, 5.41) is 21.4. The average Bonchev–Trinajstić information content (AvgIpc) is 3.31. The van der Waals surface area contributed by atoms with Gasteiger partial charge in [0.25, 0.3) is 5.91 Å². The van der Waals surface area contributed by atoms with E-state index in [1.54, 1.807) is 30.5 Å². The Kier molecular flexibility index (Phi) is 4.97. The highest BCUT2D eigenvalue weighted by Crippen LogP contribution is 2.28. The summed E-state index contributed by atoms with van der Waals surface area (Å²) in [6.45, 7) is 0.410. The highest BCUT2D eigenvalue weighted by atomic mass is 16.2. The molecule has 2 N–H and O–H groups in total. The molecule has 1 aromatic heterocycles. The molecule has 152 valence electrons. The third-order valence-electron chi connectivity index (χ3n) is 5.02.